The van der Waals surface area contributed by atoms with E-state index in [1.807, 2.05) is 37.3 Å². The van der Waals surface area contributed by atoms with Crippen LogP contribution in [0.3, 0.4) is 0 Å². The van der Waals surface area contributed by atoms with Crippen molar-refractivity contribution >= 4 is 11.0 Å². The first-order valence-electron chi connectivity index (χ1n) is 7.39. The van der Waals surface area contributed by atoms with Crippen LogP contribution < -0.4 is 10.4 Å². The largest absolute Gasteiger partial charge is 0.478 e. The standard InChI is InChI=1S/C17H19N3O2/c1-4-9-22-16-10-12(2)15(11-18-16)20-14-8-6-5-7-13(14)19(3)17(20)21/h5-8,10-11H,4,9H2,1-3H3. The summed E-state index contributed by atoms with van der Waals surface area (Å²) >= 11 is 0. The minimum Gasteiger partial charge on any atom is -0.478 e. The SMILES string of the molecule is CCCOc1cc(C)c(-n2c(=O)n(C)c3ccccc32)cn1. The second-order valence-electron chi connectivity index (χ2n) is 5.32. The summed E-state index contributed by atoms with van der Waals surface area (Å²) in [5.74, 6) is 0.594. The zero-order chi connectivity index (χ0) is 15.7. The van der Waals surface area contributed by atoms with Crippen molar-refractivity contribution in [2.24, 2.45) is 7.05 Å². The Morgan fingerprint density at radius 2 is 1.95 bits per heavy atom. The quantitative estimate of drug-likeness (QED) is 0.744. The topological polar surface area (TPSA) is 49.0 Å². The van der Waals surface area contributed by atoms with Gasteiger partial charge in [-0.25, -0.2) is 9.78 Å². The summed E-state index contributed by atoms with van der Waals surface area (Å²) in [6.45, 7) is 4.65. The number of para-hydroxylation sites is 2. The van der Waals surface area contributed by atoms with Gasteiger partial charge in [0.15, 0.2) is 0 Å². The van der Waals surface area contributed by atoms with Crippen molar-refractivity contribution < 1.29 is 4.74 Å². The second kappa shape index (κ2) is 5.67. The maximum atomic E-state index is 12.6. The molecule has 114 valence electrons. The first kappa shape index (κ1) is 14.4. The molecule has 3 rings (SSSR count). The molecule has 0 saturated carbocycles. The molecule has 0 N–H and O–H groups in total. The summed E-state index contributed by atoms with van der Waals surface area (Å²) in [5, 5.41) is 0. The fourth-order valence-corrected chi connectivity index (χ4v) is 2.57. The molecule has 0 atom stereocenters. The smallest absolute Gasteiger partial charge is 0.333 e. The average Bonchev–Trinajstić information content (AvgIpc) is 2.78. The lowest BCUT2D eigenvalue weighted by molar-refractivity contribution is 0.305. The zero-order valence-electron chi connectivity index (χ0n) is 13.0. The Hall–Kier alpha value is -2.56. The molecule has 0 radical (unpaired) electrons. The number of imidazole rings is 1. The molecule has 0 aliphatic heterocycles. The number of aryl methyl sites for hydroxylation is 2. The van der Waals surface area contributed by atoms with Gasteiger partial charge in [-0.2, -0.15) is 0 Å². The molecule has 2 heterocycles. The number of fused-ring (bicyclic) bond motifs is 1. The summed E-state index contributed by atoms with van der Waals surface area (Å²) in [6.07, 6.45) is 2.64. The normalized spacial score (nSPS) is 11.0. The molecule has 0 fully saturated rings. The molecule has 0 amide bonds. The van der Waals surface area contributed by atoms with Gasteiger partial charge < -0.3 is 4.74 Å². The summed E-state index contributed by atoms with van der Waals surface area (Å²) < 4.78 is 8.89. The van der Waals surface area contributed by atoms with Crippen LogP contribution in [-0.2, 0) is 7.05 Å². The van der Waals surface area contributed by atoms with E-state index >= 15 is 0 Å². The lowest BCUT2D eigenvalue weighted by Crippen LogP contribution is -2.21. The molecular weight excluding hydrogens is 278 g/mol. The van der Waals surface area contributed by atoms with Gasteiger partial charge in [0.1, 0.15) is 0 Å². The zero-order valence-corrected chi connectivity index (χ0v) is 13.0. The van der Waals surface area contributed by atoms with Crippen LogP contribution >= 0.6 is 0 Å². The van der Waals surface area contributed by atoms with Gasteiger partial charge in [0.05, 0.1) is 29.5 Å². The van der Waals surface area contributed by atoms with Gasteiger partial charge in [0.25, 0.3) is 0 Å². The Morgan fingerprint density at radius 3 is 2.64 bits per heavy atom. The Morgan fingerprint density at radius 1 is 1.23 bits per heavy atom. The van der Waals surface area contributed by atoms with Crippen molar-refractivity contribution in [3.05, 3.63) is 52.6 Å². The van der Waals surface area contributed by atoms with Crippen LogP contribution in [-0.4, -0.2) is 20.7 Å². The molecule has 0 unspecified atom stereocenters. The first-order chi connectivity index (χ1) is 10.6. The van der Waals surface area contributed by atoms with Gasteiger partial charge in [-0.15, -0.1) is 0 Å². The number of hydrogen-bond donors (Lipinski definition) is 0. The molecule has 0 aliphatic rings. The second-order valence-corrected chi connectivity index (χ2v) is 5.32. The van der Waals surface area contributed by atoms with Crippen molar-refractivity contribution in [2.45, 2.75) is 20.3 Å². The van der Waals surface area contributed by atoms with E-state index in [2.05, 4.69) is 11.9 Å². The lowest BCUT2D eigenvalue weighted by Gasteiger charge is -2.09. The van der Waals surface area contributed by atoms with E-state index in [-0.39, 0.29) is 5.69 Å². The number of rotatable bonds is 4. The maximum Gasteiger partial charge on any atom is 0.333 e. The van der Waals surface area contributed by atoms with E-state index in [0.29, 0.717) is 12.5 Å². The molecule has 5 heteroatoms. The molecule has 0 spiro atoms. The molecule has 2 aromatic heterocycles. The van der Waals surface area contributed by atoms with Crippen LogP contribution in [0.25, 0.3) is 16.7 Å². The fraction of sp³-hybridized carbons (Fsp3) is 0.294. The molecule has 1 aromatic carbocycles. The van der Waals surface area contributed by atoms with Crippen molar-refractivity contribution in [1.82, 2.24) is 14.1 Å². The number of aromatic nitrogens is 3. The fourth-order valence-electron chi connectivity index (χ4n) is 2.57. The number of pyridine rings is 1. The van der Waals surface area contributed by atoms with Crippen molar-refractivity contribution in [3.63, 3.8) is 0 Å². The molecule has 3 aromatic rings. The number of ether oxygens (including phenoxy) is 1. The first-order valence-corrected chi connectivity index (χ1v) is 7.39. The molecule has 5 nitrogen and oxygen atoms in total. The van der Waals surface area contributed by atoms with Crippen LogP contribution in [0.1, 0.15) is 18.9 Å². The van der Waals surface area contributed by atoms with Gasteiger partial charge >= 0.3 is 5.69 Å². The Labute approximate surface area is 128 Å². The van der Waals surface area contributed by atoms with Crippen molar-refractivity contribution in [1.29, 1.82) is 0 Å². The molecule has 0 aliphatic carbocycles. The van der Waals surface area contributed by atoms with Crippen LogP contribution in [0.5, 0.6) is 5.88 Å². The third-order valence-corrected chi connectivity index (χ3v) is 3.72. The van der Waals surface area contributed by atoms with E-state index in [1.54, 1.807) is 22.4 Å². The van der Waals surface area contributed by atoms with Crippen LogP contribution in [0, 0.1) is 6.92 Å². The highest BCUT2D eigenvalue weighted by Gasteiger charge is 2.14. The molecule has 0 bridgehead atoms. The lowest BCUT2D eigenvalue weighted by atomic mass is 10.2. The Kier molecular flexibility index (Phi) is 3.71. The maximum absolute atomic E-state index is 12.6. The van der Waals surface area contributed by atoms with Crippen molar-refractivity contribution in [3.8, 4) is 11.6 Å². The summed E-state index contributed by atoms with van der Waals surface area (Å²) in [7, 11) is 1.78. The molecule has 0 saturated heterocycles. The van der Waals surface area contributed by atoms with Gasteiger partial charge in [-0.05, 0) is 31.0 Å². The highest BCUT2D eigenvalue weighted by Crippen LogP contribution is 2.21. The van der Waals surface area contributed by atoms with E-state index in [1.165, 1.54) is 0 Å². The van der Waals surface area contributed by atoms with Gasteiger partial charge in [-0.1, -0.05) is 19.1 Å². The number of nitrogens with zero attached hydrogens (tertiary/aromatic N) is 3. The van der Waals surface area contributed by atoms with E-state index in [9.17, 15) is 4.79 Å². The molecular formula is C17H19N3O2. The van der Waals surface area contributed by atoms with Gasteiger partial charge in [-0.3, -0.25) is 9.13 Å². The van der Waals surface area contributed by atoms with Crippen LogP contribution in [0.15, 0.2) is 41.3 Å². The Balaban J connectivity index is 2.16. The van der Waals surface area contributed by atoms with Gasteiger partial charge in [0.2, 0.25) is 5.88 Å². The number of benzene rings is 1. The van der Waals surface area contributed by atoms with E-state index < -0.39 is 0 Å². The predicted octanol–water partition coefficient (Wildman–Crippen LogP) is 2.82. The highest BCUT2D eigenvalue weighted by atomic mass is 16.5. The monoisotopic (exact) mass is 297 g/mol. The number of hydrogen-bond acceptors (Lipinski definition) is 3. The Bertz CT molecular complexity index is 877. The van der Waals surface area contributed by atoms with Crippen LogP contribution in [0.2, 0.25) is 0 Å². The minimum absolute atomic E-state index is 0.0756. The van der Waals surface area contributed by atoms with E-state index in [0.717, 1.165) is 28.7 Å². The molecule has 22 heavy (non-hydrogen) atoms. The third kappa shape index (κ3) is 2.28. The van der Waals surface area contributed by atoms with Crippen LogP contribution in [0.4, 0.5) is 0 Å². The minimum atomic E-state index is -0.0756. The van der Waals surface area contributed by atoms with Crippen molar-refractivity contribution in [2.75, 3.05) is 6.61 Å². The summed E-state index contributed by atoms with van der Waals surface area (Å²) in [4.78, 5) is 16.9. The third-order valence-electron chi connectivity index (χ3n) is 3.72. The summed E-state index contributed by atoms with van der Waals surface area (Å²) in [6, 6.07) is 9.62. The predicted molar refractivity (Wildman–Crippen MR) is 86.8 cm³/mol. The average molecular weight is 297 g/mol. The van der Waals surface area contributed by atoms with E-state index in [4.69, 9.17) is 4.74 Å². The van der Waals surface area contributed by atoms with Gasteiger partial charge in [0, 0.05) is 13.1 Å². The highest BCUT2D eigenvalue weighted by molar-refractivity contribution is 5.78. The summed E-state index contributed by atoms with van der Waals surface area (Å²) in [5.41, 5.74) is 3.44.